The number of hydrogen-bond acceptors (Lipinski definition) is 4. The summed E-state index contributed by atoms with van der Waals surface area (Å²) >= 11 is 0. The van der Waals surface area contributed by atoms with Crippen LogP contribution in [0.1, 0.15) is 53.0 Å². The van der Waals surface area contributed by atoms with Crippen molar-refractivity contribution in [2.45, 2.75) is 45.7 Å². The van der Waals surface area contributed by atoms with Crippen molar-refractivity contribution in [1.82, 2.24) is 29.9 Å². The van der Waals surface area contributed by atoms with Gasteiger partial charge in [0.1, 0.15) is 0 Å². The topological polar surface area (TPSA) is 77.6 Å². The maximum absolute atomic E-state index is 13.3. The number of rotatable bonds is 8. The lowest BCUT2D eigenvalue weighted by atomic mass is 10.1. The molecule has 3 heterocycles. The standard InChI is InChI=1S/C25H28N6O/c1-17(15-30-12-6-11-27-30)14-26-25(32)21-13-22(20-9-10-20)28-24-23(21)18(2)29-31(24)16-19-7-4-3-5-8-19/h3-8,11-13,17,20H,9-10,14-16H2,1-2H3,(H,26,32). The molecule has 0 saturated heterocycles. The fourth-order valence-corrected chi connectivity index (χ4v) is 4.16. The van der Waals surface area contributed by atoms with Gasteiger partial charge in [0.2, 0.25) is 0 Å². The van der Waals surface area contributed by atoms with Gasteiger partial charge in [-0.1, -0.05) is 37.3 Å². The number of nitrogens with one attached hydrogen (secondary N) is 1. The molecule has 1 saturated carbocycles. The van der Waals surface area contributed by atoms with Gasteiger partial charge < -0.3 is 5.32 Å². The van der Waals surface area contributed by atoms with Crippen LogP contribution in [0.4, 0.5) is 0 Å². The molecule has 0 bridgehead atoms. The molecular weight excluding hydrogens is 400 g/mol. The Bertz CT molecular complexity index is 1220. The van der Waals surface area contributed by atoms with Crippen molar-refractivity contribution in [3.8, 4) is 0 Å². The van der Waals surface area contributed by atoms with Crippen LogP contribution in [0.25, 0.3) is 11.0 Å². The van der Waals surface area contributed by atoms with E-state index in [2.05, 4.69) is 29.5 Å². The summed E-state index contributed by atoms with van der Waals surface area (Å²) in [6.45, 7) is 6.05. The van der Waals surface area contributed by atoms with Crippen LogP contribution in [0, 0.1) is 12.8 Å². The molecule has 1 aromatic carbocycles. The van der Waals surface area contributed by atoms with E-state index >= 15 is 0 Å². The summed E-state index contributed by atoms with van der Waals surface area (Å²) in [6, 6.07) is 14.1. The molecule has 1 unspecified atom stereocenters. The summed E-state index contributed by atoms with van der Waals surface area (Å²) in [4.78, 5) is 18.2. The average molecular weight is 429 g/mol. The van der Waals surface area contributed by atoms with Crippen molar-refractivity contribution in [3.05, 3.63) is 77.4 Å². The Morgan fingerprint density at radius 3 is 2.75 bits per heavy atom. The molecule has 1 aliphatic carbocycles. The second kappa shape index (κ2) is 8.57. The molecule has 0 aliphatic heterocycles. The van der Waals surface area contributed by atoms with Crippen LogP contribution in [0.2, 0.25) is 0 Å². The molecule has 1 N–H and O–H groups in total. The number of pyridine rings is 1. The fraction of sp³-hybridized carbons (Fsp3) is 0.360. The van der Waals surface area contributed by atoms with Crippen LogP contribution in [0.3, 0.4) is 0 Å². The van der Waals surface area contributed by atoms with Gasteiger partial charge in [0.25, 0.3) is 5.91 Å². The zero-order chi connectivity index (χ0) is 22.1. The van der Waals surface area contributed by atoms with Crippen molar-refractivity contribution >= 4 is 16.9 Å². The molecular formula is C25H28N6O. The first-order chi connectivity index (χ1) is 15.6. The summed E-state index contributed by atoms with van der Waals surface area (Å²) in [6.07, 6.45) is 5.98. The Morgan fingerprint density at radius 2 is 2.03 bits per heavy atom. The van der Waals surface area contributed by atoms with Gasteiger partial charge in [-0.2, -0.15) is 10.2 Å². The molecule has 164 valence electrons. The number of aryl methyl sites for hydroxylation is 1. The summed E-state index contributed by atoms with van der Waals surface area (Å²) in [5.41, 5.74) is 4.47. The Morgan fingerprint density at radius 1 is 1.22 bits per heavy atom. The van der Waals surface area contributed by atoms with E-state index in [1.807, 2.05) is 52.8 Å². The second-order valence-electron chi connectivity index (χ2n) is 8.84. The van der Waals surface area contributed by atoms with E-state index in [4.69, 9.17) is 10.1 Å². The third kappa shape index (κ3) is 4.28. The SMILES string of the molecule is Cc1nn(Cc2ccccc2)c2nc(C3CC3)cc(C(=O)NCC(C)Cn3cccn3)c12. The van der Waals surface area contributed by atoms with Gasteiger partial charge in [-0.3, -0.25) is 9.48 Å². The van der Waals surface area contributed by atoms with E-state index in [1.165, 1.54) is 0 Å². The zero-order valence-electron chi connectivity index (χ0n) is 18.5. The Labute approximate surface area is 187 Å². The monoisotopic (exact) mass is 428 g/mol. The Balaban J connectivity index is 1.43. The lowest BCUT2D eigenvalue weighted by molar-refractivity contribution is 0.0948. The van der Waals surface area contributed by atoms with Crippen molar-refractivity contribution in [1.29, 1.82) is 0 Å². The highest BCUT2D eigenvalue weighted by Crippen LogP contribution is 2.40. The normalized spacial score (nSPS) is 14.6. The molecule has 3 aromatic heterocycles. The van der Waals surface area contributed by atoms with Crippen LogP contribution in [-0.2, 0) is 13.1 Å². The quantitative estimate of drug-likeness (QED) is 0.461. The summed E-state index contributed by atoms with van der Waals surface area (Å²) in [7, 11) is 0. The first kappa shape index (κ1) is 20.4. The predicted octanol–water partition coefficient (Wildman–Crippen LogP) is 3.93. The van der Waals surface area contributed by atoms with Crippen molar-refractivity contribution in [3.63, 3.8) is 0 Å². The van der Waals surface area contributed by atoms with Crippen molar-refractivity contribution in [2.75, 3.05) is 6.54 Å². The average Bonchev–Trinajstić information content (AvgIpc) is 3.45. The van der Waals surface area contributed by atoms with E-state index in [1.54, 1.807) is 6.20 Å². The maximum Gasteiger partial charge on any atom is 0.252 e. The van der Waals surface area contributed by atoms with Gasteiger partial charge >= 0.3 is 0 Å². The smallest absolute Gasteiger partial charge is 0.252 e. The minimum Gasteiger partial charge on any atom is -0.352 e. The van der Waals surface area contributed by atoms with Gasteiger partial charge in [0.05, 0.1) is 23.2 Å². The van der Waals surface area contributed by atoms with Crippen LogP contribution in [0.15, 0.2) is 54.9 Å². The number of hydrogen-bond donors (Lipinski definition) is 1. The number of amides is 1. The van der Waals surface area contributed by atoms with Crippen LogP contribution in [0.5, 0.6) is 0 Å². The molecule has 0 radical (unpaired) electrons. The molecule has 5 rings (SSSR count). The van der Waals surface area contributed by atoms with E-state index in [0.717, 1.165) is 47.4 Å². The summed E-state index contributed by atoms with van der Waals surface area (Å²) in [5, 5.41) is 13.0. The molecule has 1 amide bonds. The lowest BCUT2D eigenvalue weighted by Gasteiger charge is -2.14. The first-order valence-electron chi connectivity index (χ1n) is 11.3. The van der Waals surface area contributed by atoms with E-state index in [0.29, 0.717) is 24.6 Å². The molecule has 1 aliphatic rings. The van der Waals surface area contributed by atoms with Crippen LogP contribution < -0.4 is 5.32 Å². The number of fused-ring (bicyclic) bond motifs is 1. The van der Waals surface area contributed by atoms with Gasteiger partial charge in [-0.15, -0.1) is 0 Å². The van der Waals surface area contributed by atoms with E-state index < -0.39 is 0 Å². The zero-order valence-corrected chi connectivity index (χ0v) is 18.5. The van der Waals surface area contributed by atoms with Crippen LogP contribution in [-0.4, -0.2) is 37.0 Å². The highest BCUT2D eigenvalue weighted by atomic mass is 16.1. The van der Waals surface area contributed by atoms with Gasteiger partial charge in [0, 0.05) is 37.1 Å². The minimum absolute atomic E-state index is 0.0611. The molecule has 1 atom stereocenters. The molecule has 32 heavy (non-hydrogen) atoms. The van der Waals surface area contributed by atoms with E-state index in [-0.39, 0.29) is 11.8 Å². The van der Waals surface area contributed by atoms with Gasteiger partial charge in [0.15, 0.2) is 5.65 Å². The Kier molecular flexibility index (Phi) is 5.47. The fourth-order valence-electron chi connectivity index (χ4n) is 4.16. The maximum atomic E-state index is 13.3. The summed E-state index contributed by atoms with van der Waals surface area (Å²) < 4.78 is 3.83. The Hall–Kier alpha value is -3.48. The number of benzene rings is 1. The molecule has 4 aromatic rings. The third-order valence-electron chi connectivity index (χ3n) is 5.98. The third-order valence-corrected chi connectivity index (χ3v) is 5.98. The lowest BCUT2D eigenvalue weighted by Crippen LogP contribution is -2.30. The van der Waals surface area contributed by atoms with Gasteiger partial charge in [-0.25, -0.2) is 9.67 Å². The molecule has 1 fully saturated rings. The highest BCUT2D eigenvalue weighted by Gasteiger charge is 2.29. The number of nitrogens with zero attached hydrogens (tertiary/aromatic N) is 5. The molecule has 0 spiro atoms. The molecule has 7 heteroatoms. The second-order valence-corrected chi connectivity index (χ2v) is 8.84. The highest BCUT2D eigenvalue weighted by molar-refractivity contribution is 6.06. The van der Waals surface area contributed by atoms with Crippen LogP contribution >= 0.6 is 0 Å². The van der Waals surface area contributed by atoms with Gasteiger partial charge in [-0.05, 0) is 43.4 Å². The summed E-state index contributed by atoms with van der Waals surface area (Å²) in [5.74, 6) is 0.653. The largest absolute Gasteiger partial charge is 0.352 e. The van der Waals surface area contributed by atoms with E-state index in [9.17, 15) is 4.79 Å². The van der Waals surface area contributed by atoms with Crippen molar-refractivity contribution in [2.24, 2.45) is 5.92 Å². The predicted molar refractivity (Wildman–Crippen MR) is 124 cm³/mol. The molecule has 7 nitrogen and oxygen atoms in total. The number of carbonyl (C=O) groups is 1. The van der Waals surface area contributed by atoms with Crippen molar-refractivity contribution < 1.29 is 4.79 Å². The first-order valence-corrected chi connectivity index (χ1v) is 11.3. The number of carbonyl (C=O) groups excluding carboxylic acids is 1. The number of aromatic nitrogens is 5. The minimum atomic E-state index is -0.0611.